The van der Waals surface area contributed by atoms with Crippen molar-refractivity contribution < 1.29 is 4.74 Å². The van der Waals surface area contributed by atoms with E-state index in [0.29, 0.717) is 12.5 Å². The van der Waals surface area contributed by atoms with Crippen LogP contribution in [0.3, 0.4) is 0 Å². The molecule has 0 bridgehead atoms. The van der Waals surface area contributed by atoms with E-state index < -0.39 is 0 Å². The van der Waals surface area contributed by atoms with Crippen LogP contribution in [0.4, 0.5) is 0 Å². The molecule has 0 amide bonds. The van der Waals surface area contributed by atoms with Gasteiger partial charge in [0, 0.05) is 5.92 Å². The van der Waals surface area contributed by atoms with Gasteiger partial charge in [0.05, 0.1) is 13.2 Å². The third-order valence-corrected chi connectivity index (χ3v) is 2.85. The Morgan fingerprint density at radius 3 is 2.12 bits per heavy atom. The van der Waals surface area contributed by atoms with Gasteiger partial charge in [0.1, 0.15) is 0 Å². The molecule has 0 aliphatic heterocycles. The Balaban J connectivity index is 1.79. The van der Waals surface area contributed by atoms with E-state index in [2.05, 4.69) is 43.3 Å². The predicted molar refractivity (Wildman–Crippen MR) is 71.0 cm³/mol. The summed E-state index contributed by atoms with van der Waals surface area (Å²) in [5, 5.41) is 0. The summed E-state index contributed by atoms with van der Waals surface area (Å²) in [6.45, 7) is 3.65. The fraction of sp³-hybridized carbons (Fsp3) is 0.250. The summed E-state index contributed by atoms with van der Waals surface area (Å²) in [6.07, 6.45) is 0. The highest BCUT2D eigenvalue weighted by atomic mass is 16.5. The minimum Gasteiger partial charge on any atom is -0.376 e. The maximum Gasteiger partial charge on any atom is 0.0717 e. The van der Waals surface area contributed by atoms with Crippen LogP contribution in [0.2, 0.25) is 0 Å². The van der Waals surface area contributed by atoms with Crippen molar-refractivity contribution in [3.8, 4) is 0 Å². The summed E-state index contributed by atoms with van der Waals surface area (Å²) in [5.74, 6) is 0.444. The molecular weight excluding hydrogens is 208 g/mol. The third kappa shape index (κ3) is 3.72. The quantitative estimate of drug-likeness (QED) is 0.748. The fourth-order valence-corrected chi connectivity index (χ4v) is 1.81. The second-order valence-electron chi connectivity index (χ2n) is 4.31. The van der Waals surface area contributed by atoms with Crippen LogP contribution >= 0.6 is 0 Å². The highest BCUT2D eigenvalue weighted by molar-refractivity contribution is 5.18. The molecule has 1 nitrogen and oxygen atoms in total. The van der Waals surface area contributed by atoms with Gasteiger partial charge in [-0.3, -0.25) is 0 Å². The van der Waals surface area contributed by atoms with Crippen molar-refractivity contribution in [2.75, 3.05) is 6.61 Å². The summed E-state index contributed by atoms with van der Waals surface area (Å²) < 4.78 is 5.74. The predicted octanol–water partition coefficient (Wildman–Crippen LogP) is 4.01. The molecule has 0 aromatic heterocycles. The van der Waals surface area contributed by atoms with Gasteiger partial charge in [0.15, 0.2) is 0 Å². The Morgan fingerprint density at radius 2 is 1.47 bits per heavy atom. The van der Waals surface area contributed by atoms with Crippen LogP contribution < -0.4 is 0 Å². The van der Waals surface area contributed by atoms with Gasteiger partial charge in [-0.15, -0.1) is 0 Å². The summed E-state index contributed by atoms with van der Waals surface area (Å²) in [5.41, 5.74) is 2.56. The highest BCUT2D eigenvalue weighted by Gasteiger charge is 2.04. The minimum atomic E-state index is 0.444. The van der Waals surface area contributed by atoms with Crippen molar-refractivity contribution >= 4 is 0 Å². The molecule has 0 saturated heterocycles. The fourth-order valence-electron chi connectivity index (χ4n) is 1.81. The molecule has 2 aromatic rings. The number of benzene rings is 2. The SMILES string of the molecule is C[C@H](COCc1ccccc1)c1ccccc1. The molecule has 0 radical (unpaired) electrons. The molecule has 2 rings (SSSR count). The zero-order valence-electron chi connectivity index (χ0n) is 10.2. The van der Waals surface area contributed by atoms with E-state index in [4.69, 9.17) is 4.74 Å². The van der Waals surface area contributed by atoms with Gasteiger partial charge in [-0.25, -0.2) is 0 Å². The Kier molecular flexibility index (Phi) is 4.34. The van der Waals surface area contributed by atoms with Crippen LogP contribution in [0.5, 0.6) is 0 Å². The topological polar surface area (TPSA) is 9.23 Å². The van der Waals surface area contributed by atoms with Crippen LogP contribution in [0, 0.1) is 0 Å². The van der Waals surface area contributed by atoms with Gasteiger partial charge in [-0.1, -0.05) is 67.6 Å². The monoisotopic (exact) mass is 226 g/mol. The van der Waals surface area contributed by atoms with Gasteiger partial charge in [0.2, 0.25) is 0 Å². The van der Waals surface area contributed by atoms with Crippen LogP contribution in [-0.2, 0) is 11.3 Å². The highest BCUT2D eigenvalue weighted by Crippen LogP contribution is 2.15. The van der Waals surface area contributed by atoms with Crippen LogP contribution in [-0.4, -0.2) is 6.61 Å². The zero-order valence-corrected chi connectivity index (χ0v) is 10.2. The van der Waals surface area contributed by atoms with Crippen molar-refractivity contribution in [2.45, 2.75) is 19.4 Å². The lowest BCUT2D eigenvalue weighted by Crippen LogP contribution is -2.04. The molecule has 0 aliphatic carbocycles. The average molecular weight is 226 g/mol. The lowest BCUT2D eigenvalue weighted by Gasteiger charge is -2.12. The number of hydrogen-bond acceptors (Lipinski definition) is 1. The Hall–Kier alpha value is -1.60. The molecule has 17 heavy (non-hydrogen) atoms. The van der Waals surface area contributed by atoms with E-state index in [1.54, 1.807) is 0 Å². The maximum absolute atomic E-state index is 5.74. The molecule has 0 fully saturated rings. The van der Waals surface area contributed by atoms with Crippen LogP contribution in [0.1, 0.15) is 24.0 Å². The molecule has 88 valence electrons. The lowest BCUT2D eigenvalue weighted by molar-refractivity contribution is 0.110. The van der Waals surface area contributed by atoms with Crippen LogP contribution in [0.15, 0.2) is 60.7 Å². The van der Waals surface area contributed by atoms with Crippen molar-refractivity contribution in [2.24, 2.45) is 0 Å². The van der Waals surface area contributed by atoms with Gasteiger partial charge in [-0.05, 0) is 11.1 Å². The second kappa shape index (κ2) is 6.21. The standard InChI is InChI=1S/C16H18O/c1-14(16-10-6-3-7-11-16)12-17-13-15-8-4-2-5-9-15/h2-11,14H,12-13H2,1H3/t14-/m1/s1. The van der Waals surface area contributed by atoms with E-state index >= 15 is 0 Å². The first-order valence-electron chi connectivity index (χ1n) is 6.03. The van der Waals surface area contributed by atoms with Crippen molar-refractivity contribution in [1.29, 1.82) is 0 Å². The van der Waals surface area contributed by atoms with Crippen molar-refractivity contribution in [1.82, 2.24) is 0 Å². The van der Waals surface area contributed by atoms with Crippen LogP contribution in [0.25, 0.3) is 0 Å². The van der Waals surface area contributed by atoms with E-state index in [1.165, 1.54) is 11.1 Å². The molecular formula is C16H18O. The van der Waals surface area contributed by atoms with Gasteiger partial charge < -0.3 is 4.74 Å². The molecule has 0 saturated carbocycles. The molecule has 1 atom stereocenters. The second-order valence-corrected chi connectivity index (χ2v) is 4.31. The molecule has 0 spiro atoms. The Bertz CT molecular complexity index is 422. The molecule has 0 N–H and O–H groups in total. The maximum atomic E-state index is 5.74. The van der Waals surface area contributed by atoms with E-state index in [9.17, 15) is 0 Å². The van der Waals surface area contributed by atoms with E-state index in [-0.39, 0.29) is 0 Å². The average Bonchev–Trinajstić information content (AvgIpc) is 2.41. The summed E-state index contributed by atoms with van der Waals surface area (Å²) >= 11 is 0. The Morgan fingerprint density at radius 1 is 0.882 bits per heavy atom. The summed E-state index contributed by atoms with van der Waals surface area (Å²) in [7, 11) is 0. The smallest absolute Gasteiger partial charge is 0.0717 e. The molecule has 0 heterocycles. The first-order valence-corrected chi connectivity index (χ1v) is 6.03. The third-order valence-electron chi connectivity index (χ3n) is 2.85. The molecule has 0 aliphatic rings. The van der Waals surface area contributed by atoms with Gasteiger partial charge in [-0.2, -0.15) is 0 Å². The summed E-state index contributed by atoms with van der Waals surface area (Å²) in [4.78, 5) is 0. The van der Waals surface area contributed by atoms with Crippen molar-refractivity contribution in [3.05, 3.63) is 71.8 Å². The van der Waals surface area contributed by atoms with Crippen molar-refractivity contribution in [3.63, 3.8) is 0 Å². The number of hydrogen-bond donors (Lipinski definition) is 0. The first-order chi connectivity index (χ1) is 8.36. The van der Waals surface area contributed by atoms with Gasteiger partial charge >= 0.3 is 0 Å². The number of rotatable bonds is 5. The molecule has 0 unspecified atom stereocenters. The Labute approximate surface area is 103 Å². The largest absolute Gasteiger partial charge is 0.376 e. The van der Waals surface area contributed by atoms with E-state index in [1.807, 2.05) is 24.3 Å². The lowest BCUT2D eigenvalue weighted by atomic mass is 10.0. The number of ether oxygens (including phenoxy) is 1. The van der Waals surface area contributed by atoms with Gasteiger partial charge in [0.25, 0.3) is 0 Å². The molecule has 1 heteroatoms. The molecule has 2 aromatic carbocycles. The van der Waals surface area contributed by atoms with E-state index in [0.717, 1.165) is 6.61 Å². The first kappa shape index (κ1) is 11.9. The summed E-state index contributed by atoms with van der Waals surface area (Å²) in [6, 6.07) is 20.8. The zero-order chi connectivity index (χ0) is 11.9. The normalized spacial score (nSPS) is 12.3. The minimum absolute atomic E-state index is 0.444.